The number of ketones is 1. The molecular formula is C19H21N5O2. The van der Waals surface area contributed by atoms with Gasteiger partial charge in [-0.25, -0.2) is 9.36 Å². The number of carbonyl (C=O) groups excluding carboxylic acids is 2. The quantitative estimate of drug-likeness (QED) is 0.566. The fourth-order valence-electron chi connectivity index (χ4n) is 2.90. The number of hydrogen-bond donors (Lipinski definition) is 1. The minimum absolute atomic E-state index is 0.0692. The predicted molar refractivity (Wildman–Crippen MR) is 98.6 cm³/mol. The van der Waals surface area contributed by atoms with Crippen molar-refractivity contribution in [3.63, 3.8) is 0 Å². The number of benzene rings is 1. The van der Waals surface area contributed by atoms with Crippen LogP contribution in [0.2, 0.25) is 0 Å². The second kappa shape index (κ2) is 6.95. The van der Waals surface area contributed by atoms with E-state index in [0.717, 1.165) is 5.69 Å². The van der Waals surface area contributed by atoms with E-state index in [2.05, 4.69) is 15.5 Å². The van der Waals surface area contributed by atoms with E-state index in [1.165, 1.54) is 0 Å². The fourth-order valence-corrected chi connectivity index (χ4v) is 2.90. The third-order valence-electron chi connectivity index (χ3n) is 4.13. The molecule has 0 atom stereocenters. The number of Topliss-reactive ketones (excluding diaryl/α,β-unsaturated/α-hetero) is 1. The van der Waals surface area contributed by atoms with Gasteiger partial charge in [-0.05, 0) is 39.8 Å². The molecule has 0 fully saturated rings. The highest BCUT2D eigenvalue weighted by Crippen LogP contribution is 2.19. The molecule has 3 rings (SSSR count). The standard InChI is InChI=1S/C19H21N5O2/c1-12(2)23-16(10-11-20-23)21-19(26)18(25)17-13(3)22-24(14(17)4)15-8-6-5-7-9-15/h5-12H,1-4H3,(H,21,26). The monoisotopic (exact) mass is 351 g/mol. The molecule has 0 radical (unpaired) electrons. The Hall–Kier alpha value is -3.22. The van der Waals surface area contributed by atoms with Crippen molar-refractivity contribution >= 4 is 17.5 Å². The number of nitrogens with one attached hydrogen (secondary N) is 1. The van der Waals surface area contributed by atoms with Gasteiger partial charge in [-0.15, -0.1) is 0 Å². The van der Waals surface area contributed by atoms with Gasteiger partial charge < -0.3 is 5.32 Å². The average Bonchev–Trinajstić information content (AvgIpc) is 3.19. The first-order valence-corrected chi connectivity index (χ1v) is 8.41. The molecule has 1 N–H and O–H groups in total. The highest BCUT2D eigenvalue weighted by molar-refractivity contribution is 6.47. The number of para-hydroxylation sites is 1. The summed E-state index contributed by atoms with van der Waals surface area (Å²) in [5, 5.41) is 11.2. The number of hydrogen-bond acceptors (Lipinski definition) is 4. The number of amides is 1. The molecule has 134 valence electrons. The number of rotatable bonds is 5. The summed E-state index contributed by atoms with van der Waals surface area (Å²) in [6.07, 6.45) is 1.59. The van der Waals surface area contributed by atoms with Gasteiger partial charge in [0.1, 0.15) is 5.82 Å². The summed E-state index contributed by atoms with van der Waals surface area (Å²) in [6.45, 7) is 7.41. The predicted octanol–water partition coefficient (Wildman–Crippen LogP) is 3.09. The van der Waals surface area contributed by atoms with E-state index in [1.54, 1.807) is 35.5 Å². The smallest absolute Gasteiger partial charge is 0.298 e. The SMILES string of the molecule is Cc1nn(-c2ccccc2)c(C)c1C(=O)C(=O)Nc1ccnn1C(C)C. The van der Waals surface area contributed by atoms with Crippen LogP contribution in [0.4, 0.5) is 5.82 Å². The van der Waals surface area contributed by atoms with Gasteiger partial charge in [0.2, 0.25) is 0 Å². The molecule has 7 heteroatoms. The lowest BCUT2D eigenvalue weighted by Crippen LogP contribution is -2.25. The van der Waals surface area contributed by atoms with Gasteiger partial charge in [0.15, 0.2) is 0 Å². The van der Waals surface area contributed by atoms with Crippen molar-refractivity contribution in [2.45, 2.75) is 33.7 Å². The van der Waals surface area contributed by atoms with Crippen LogP contribution in [0.1, 0.15) is 41.6 Å². The molecule has 0 saturated carbocycles. The first kappa shape index (κ1) is 17.6. The van der Waals surface area contributed by atoms with E-state index in [1.807, 2.05) is 44.2 Å². The fraction of sp³-hybridized carbons (Fsp3) is 0.263. The van der Waals surface area contributed by atoms with Gasteiger partial charge in [0, 0.05) is 12.1 Å². The van der Waals surface area contributed by atoms with Crippen molar-refractivity contribution in [3.05, 3.63) is 59.5 Å². The maximum Gasteiger partial charge on any atom is 0.298 e. The molecule has 0 unspecified atom stereocenters. The molecule has 0 aliphatic rings. The lowest BCUT2D eigenvalue weighted by molar-refractivity contribution is -0.112. The summed E-state index contributed by atoms with van der Waals surface area (Å²) in [5.41, 5.74) is 2.31. The molecule has 1 aromatic carbocycles. The molecule has 2 heterocycles. The third kappa shape index (κ3) is 3.15. The van der Waals surface area contributed by atoms with Gasteiger partial charge in [0.25, 0.3) is 11.7 Å². The van der Waals surface area contributed by atoms with Crippen molar-refractivity contribution < 1.29 is 9.59 Å². The zero-order valence-electron chi connectivity index (χ0n) is 15.2. The van der Waals surface area contributed by atoms with Gasteiger partial charge in [0.05, 0.1) is 28.8 Å². The lowest BCUT2D eigenvalue weighted by atomic mass is 10.1. The highest BCUT2D eigenvalue weighted by Gasteiger charge is 2.26. The number of nitrogens with zero attached hydrogens (tertiary/aromatic N) is 4. The van der Waals surface area contributed by atoms with Crippen molar-refractivity contribution in [2.75, 3.05) is 5.32 Å². The molecule has 3 aromatic rings. The van der Waals surface area contributed by atoms with E-state index in [4.69, 9.17) is 0 Å². The number of aromatic nitrogens is 4. The van der Waals surface area contributed by atoms with E-state index >= 15 is 0 Å². The summed E-state index contributed by atoms with van der Waals surface area (Å²) in [5.74, 6) is -0.825. The molecule has 0 saturated heterocycles. The topological polar surface area (TPSA) is 81.8 Å². The zero-order chi connectivity index (χ0) is 18.8. The third-order valence-corrected chi connectivity index (χ3v) is 4.13. The van der Waals surface area contributed by atoms with Crippen LogP contribution in [0.15, 0.2) is 42.6 Å². The van der Waals surface area contributed by atoms with Gasteiger partial charge >= 0.3 is 0 Å². The molecule has 0 spiro atoms. The van der Waals surface area contributed by atoms with Crippen molar-refractivity contribution in [1.29, 1.82) is 0 Å². The van der Waals surface area contributed by atoms with Gasteiger partial charge in [-0.1, -0.05) is 18.2 Å². The number of anilines is 1. The number of aryl methyl sites for hydroxylation is 1. The Balaban J connectivity index is 1.89. The van der Waals surface area contributed by atoms with Crippen LogP contribution >= 0.6 is 0 Å². The summed E-state index contributed by atoms with van der Waals surface area (Å²) in [7, 11) is 0. The summed E-state index contributed by atoms with van der Waals surface area (Å²) < 4.78 is 3.33. The van der Waals surface area contributed by atoms with E-state index in [0.29, 0.717) is 22.8 Å². The summed E-state index contributed by atoms with van der Waals surface area (Å²) in [4.78, 5) is 25.2. The Labute approximate surface area is 151 Å². The first-order chi connectivity index (χ1) is 12.4. The molecule has 1 amide bonds. The van der Waals surface area contributed by atoms with Crippen molar-refractivity contribution in [2.24, 2.45) is 0 Å². The van der Waals surface area contributed by atoms with Crippen LogP contribution in [0.3, 0.4) is 0 Å². The zero-order valence-corrected chi connectivity index (χ0v) is 15.2. The van der Waals surface area contributed by atoms with Crippen molar-refractivity contribution in [1.82, 2.24) is 19.6 Å². The molecule has 0 aliphatic heterocycles. The van der Waals surface area contributed by atoms with E-state index in [9.17, 15) is 9.59 Å². The normalized spacial score (nSPS) is 11.0. The second-order valence-corrected chi connectivity index (χ2v) is 6.33. The van der Waals surface area contributed by atoms with Crippen LogP contribution < -0.4 is 5.32 Å². The Morgan fingerprint density at radius 3 is 2.42 bits per heavy atom. The van der Waals surface area contributed by atoms with E-state index < -0.39 is 11.7 Å². The van der Waals surface area contributed by atoms with E-state index in [-0.39, 0.29) is 6.04 Å². The lowest BCUT2D eigenvalue weighted by Gasteiger charge is -2.11. The largest absolute Gasteiger partial charge is 0.304 e. The summed E-state index contributed by atoms with van der Waals surface area (Å²) >= 11 is 0. The molecular weight excluding hydrogens is 330 g/mol. The second-order valence-electron chi connectivity index (χ2n) is 6.33. The van der Waals surface area contributed by atoms with Gasteiger partial charge in [-0.3, -0.25) is 9.59 Å². The minimum Gasteiger partial charge on any atom is -0.304 e. The maximum absolute atomic E-state index is 12.7. The summed E-state index contributed by atoms with van der Waals surface area (Å²) in [6, 6.07) is 11.2. The van der Waals surface area contributed by atoms with Gasteiger partial charge in [-0.2, -0.15) is 10.2 Å². The van der Waals surface area contributed by atoms with Crippen LogP contribution in [0.5, 0.6) is 0 Å². The Kier molecular flexibility index (Phi) is 4.71. The Bertz CT molecular complexity index is 954. The van der Waals surface area contributed by atoms with Crippen LogP contribution in [0, 0.1) is 13.8 Å². The Morgan fingerprint density at radius 2 is 1.77 bits per heavy atom. The van der Waals surface area contributed by atoms with Crippen LogP contribution in [-0.2, 0) is 4.79 Å². The number of carbonyl (C=O) groups is 2. The Morgan fingerprint density at radius 1 is 1.08 bits per heavy atom. The maximum atomic E-state index is 12.7. The minimum atomic E-state index is -0.703. The first-order valence-electron chi connectivity index (χ1n) is 8.41. The highest BCUT2D eigenvalue weighted by atomic mass is 16.2. The molecule has 26 heavy (non-hydrogen) atoms. The molecule has 0 aliphatic carbocycles. The molecule has 7 nitrogen and oxygen atoms in total. The molecule has 2 aromatic heterocycles. The van der Waals surface area contributed by atoms with Crippen molar-refractivity contribution in [3.8, 4) is 5.69 Å². The van der Waals surface area contributed by atoms with Crippen LogP contribution in [-0.4, -0.2) is 31.3 Å². The van der Waals surface area contributed by atoms with Crippen LogP contribution in [0.25, 0.3) is 5.69 Å². The average molecular weight is 351 g/mol. The molecule has 0 bridgehead atoms.